The molecule has 128 valence electrons. The van der Waals surface area contributed by atoms with Crippen LogP contribution in [0.3, 0.4) is 0 Å². The first-order valence-corrected chi connectivity index (χ1v) is 9.45. The van der Waals surface area contributed by atoms with Gasteiger partial charge in [0.2, 0.25) is 0 Å². The van der Waals surface area contributed by atoms with E-state index in [4.69, 9.17) is 4.98 Å². The Balaban J connectivity index is 1.47. The van der Waals surface area contributed by atoms with E-state index in [-0.39, 0.29) is 0 Å². The Labute approximate surface area is 152 Å². The molecule has 1 unspecified atom stereocenters. The molecule has 3 aromatic rings. The molecule has 25 heavy (non-hydrogen) atoms. The Morgan fingerprint density at radius 1 is 1.20 bits per heavy atom. The van der Waals surface area contributed by atoms with E-state index in [1.54, 1.807) is 17.5 Å². The Morgan fingerprint density at radius 2 is 2.08 bits per heavy atom. The first-order valence-electron chi connectivity index (χ1n) is 8.58. The van der Waals surface area contributed by atoms with E-state index < -0.39 is 0 Å². The van der Waals surface area contributed by atoms with Crippen molar-refractivity contribution in [1.82, 2.24) is 15.2 Å². The maximum atomic E-state index is 4.82. The molecule has 4 rings (SSSR count). The standard InChI is InChI=1S/C19H21N5S/c1-23(19-21-17(14-25-19)15-7-3-2-4-8-15)13-16-9-6-12-24(16)18-10-5-11-20-22-18/h2-5,7-8,10-11,14,16H,6,9,12-13H2,1H3. The summed E-state index contributed by atoms with van der Waals surface area (Å²) in [4.78, 5) is 9.45. The fourth-order valence-electron chi connectivity index (χ4n) is 3.35. The molecule has 0 radical (unpaired) electrons. The zero-order valence-corrected chi connectivity index (χ0v) is 15.1. The molecule has 0 aliphatic carbocycles. The second kappa shape index (κ2) is 7.19. The highest BCUT2D eigenvalue weighted by atomic mass is 32.1. The minimum atomic E-state index is 0.450. The van der Waals surface area contributed by atoms with Crippen LogP contribution in [0.2, 0.25) is 0 Å². The van der Waals surface area contributed by atoms with Crippen LogP contribution in [0.15, 0.2) is 54.0 Å². The van der Waals surface area contributed by atoms with Crippen LogP contribution in [0.4, 0.5) is 10.9 Å². The molecule has 1 aliphatic heterocycles. The number of nitrogens with zero attached hydrogens (tertiary/aromatic N) is 5. The van der Waals surface area contributed by atoms with Crippen molar-refractivity contribution >= 4 is 22.3 Å². The number of hydrogen-bond donors (Lipinski definition) is 0. The molecule has 0 spiro atoms. The van der Waals surface area contributed by atoms with Gasteiger partial charge in [-0.05, 0) is 25.0 Å². The topological polar surface area (TPSA) is 45.2 Å². The van der Waals surface area contributed by atoms with Crippen LogP contribution >= 0.6 is 11.3 Å². The summed E-state index contributed by atoms with van der Waals surface area (Å²) in [5.41, 5.74) is 2.21. The molecule has 0 N–H and O–H groups in total. The van der Waals surface area contributed by atoms with Crippen LogP contribution in [0, 0.1) is 0 Å². The SMILES string of the molecule is CN(CC1CCCN1c1cccnn1)c1nc(-c2ccccc2)cs1. The number of benzene rings is 1. The molecule has 3 heterocycles. The highest BCUT2D eigenvalue weighted by Crippen LogP contribution is 2.29. The van der Waals surface area contributed by atoms with Gasteiger partial charge in [-0.15, -0.1) is 16.4 Å². The largest absolute Gasteiger partial charge is 0.350 e. The maximum absolute atomic E-state index is 4.82. The van der Waals surface area contributed by atoms with Gasteiger partial charge >= 0.3 is 0 Å². The second-order valence-corrected chi connectivity index (χ2v) is 7.17. The highest BCUT2D eigenvalue weighted by Gasteiger charge is 2.27. The predicted octanol–water partition coefficient (Wildman–Crippen LogP) is 3.71. The Kier molecular flexibility index (Phi) is 4.61. The van der Waals surface area contributed by atoms with Gasteiger partial charge in [0.1, 0.15) is 0 Å². The van der Waals surface area contributed by atoms with Crippen LogP contribution < -0.4 is 9.80 Å². The summed E-state index contributed by atoms with van der Waals surface area (Å²) < 4.78 is 0. The van der Waals surface area contributed by atoms with Gasteiger partial charge in [0, 0.05) is 43.3 Å². The molecule has 0 saturated carbocycles. The zero-order chi connectivity index (χ0) is 17.1. The second-order valence-electron chi connectivity index (χ2n) is 6.33. The number of thiazole rings is 1. The van der Waals surface area contributed by atoms with Crippen molar-refractivity contribution in [2.24, 2.45) is 0 Å². The summed E-state index contributed by atoms with van der Waals surface area (Å²) in [6.45, 7) is 1.99. The monoisotopic (exact) mass is 351 g/mol. The molecule has 6 heteroatoms. The summed E-state index contributed by atoms with van der Waals surface area (Å²) >= 11 is 1.70. The van der Waals surface area contributed by atoms with Gasteiger partial charge in [0.05, 0.1) is 5.69 Å². The molecule has 1 aromatic carbocycles. The van der Waals surface area contributed by atoms with Crippen LogP contribution in [-0.4, -0.2) is 41.4 Å². The molecule has 2 aromatic heterocycles. The summed E-state index contributed by atoms with van der Waals surface area (Å²) in [5, 5.41) is 11.5. The van der Waals surface area contributed by atoms with Gasteiger partial charge < -0.3 is 9.80 Å². The third-order valence-corrected chi connectivity index (χ3v) is 5.56. The minimum absolute atomic E-state index is 0.450. The summed E-state index contributed by atoms with van der Waals surface area (Å²) in [6.07, 6.45) is 4.10. The predicted molar refractivity (Wildman–Crippen MR) is 103 cm³/mol. The summed E-state index contributed by atoms with van der Waals surface area (Å²) in [5.74, 6) is 0.975. The molecule has 0 bridgehead atoms. The van der Waals surface area contributed by atoms with Gasteiger partial charge in [-0.1, -0.05) is 30.3 Å². The highest BCUT2D eigenvalue weighted by molar-refractivity contribution is 7.14. The Hall–Kier alpha value is -2.47. The van der Waals surface area contributed by atoms with E-state index >= 15 is 0 Å². The van der Waals surface area contributed by atoms with Crippen LogP contribution in [0.25, 0.3) is 11.3 Å². The number of aromatic nitrogens is 3. The molecule has 1 atom stereocenters. The smallest absolute Gasteiger partial charge is 0.185 e. The first kappa shape index (κ1) is 16.0. The zero-order valence-electron chi connectivity index (χ0n) is 14.2. The van der Waals surface area contributed by atoms with Gasteiger partial charge in [-0.2, -0.15) is 5.10 Å². The van der Waals surface area contributed by atoms with Gasteiger partial charge in [-0.3, -0.25) is 0 Å². The van der Waals surface area contributed by atoms with E-state index in [2.05, 4.69) is 56.7 Å². The molecular weight excluding hydrogens is 330 g/mol. The lowest BCUT2D eigenvalue weighted by Gasteiger charge is -2.29. The van der Waals surface area contributed by atoms with Crippen LogP contribution in [-0.2, 0) is 0 Å². The molecule has 1 fully saturated rings. The van der Waals surface area contributed by atoms with Crippen molar-refractivity contribution in [2.75, 3.05) is 29.9 Å². The summed E-state index contributed by atoms with van der Waals surface area (Å²) in [7, 11) is 2.13. The van der Waals surface area contributed by atoms with Gasteiger partial charge in [-0.25, -0.2) is 4.98 Å². The normalized spacial score (nSPS) is 17.0. The van der Waals surface area contributed by atoms with Crippen molar-refractivity contribution in [1.29, 1.82) is 0 Å². The lowest BCUT2D eigenvalue weighted by atomic mass is 10.2. The fraction of sp³-hybridized carbons (Fsp3) is 0.316. The van der Waals surface area contributed by atoms with Crippen molar-refractivity contribution in [3.8, 4) is 11.3 Å². The lowest BCUT2D eigenvalue weighted by Crippen LogP contribution is -2.39. The quantitative estimate of drug-likeness (QED) is 0.701. The number of anilines is 2. The minimum Gasteiger partial charge on any atom is -0.350 e. The third-order valence-electron chi connectivity index (χ3n) is 4.60. The molecule has 1 aliphatic rings. The number of hydrogen-bond acceptors (Lipinski definition) is 6. The van der Waals surface area contributed by atoms with Gasteiger partial charge in [0.15, 0.2) is 10.9 Å². The van der Waals surface area contributed by atoms with Crippen LogP contribution in [0.1, 0.15) is 12.8 Å². The Bertz CT molecular complexity index is 805. The average Bonchev–Trinajstić information content (AvgIpc) is 3.33. The Morgan fingerprint density at radius 3 is 2.88 bits per heavy atom. The number of rotatable bonds is 5. The molecule has 0 amide bonds. The van der Waals surface area contributed by atoms with Crippen LogP contribution in [0.5, 0.6) is 0 Å². The molecule has 5 nitrogen and oxygen atoms in total. The van der Waals surface area contributed by atoms with E-state index in [0.717, 1.165) is 29.7 Å². The lowest BCUT2D eigenvalue weighted by molar-refractivity contribution is 0.646. The third kappa shape index (κ3) is 3.49. The van der Waals surface area contributed by atoms with E-state index in [0.29, 0.717) is 6.04 Å². The summed E-state index contributed by atoms with van der Waals surface area (Å²) in [6, 6.07) is 14.8. The van der Waals surface area contributed by atoms with E-state index in [1.165, 1.54) is 18.4 Å². The first-order chi connectivity index (χ1) is 12.3. The van der Waals surface area contributed by atoms with Crippen molar-refractivity contribution in [3.05, 3.63) is 54.0 Å². The fourth-order valence-corrected chi connectivity index (χ4v) is 4.16. The van der Waals surface area contributed by atoms with E-state index in [9.17, 15) is 0 Å². The molecule has 1 saturated heterocycles. The van der Waals surface area contributed by atoms with Crippen molar-refractivity contribution in [2.45, 2.75) is 18.9 Å². The van der Waals surface area contributed by atoms with E-state index in [1.807, 2.05) is 18.2 Å². The number of likely N-dealkylation sites (N-methyl/N-ethyl adjacent to an activating group) is 1. The maximum Gasteiger partial charge on any atom is 0.185 e. The van der Waals surface area contributed by atoms with Crippen molar-refractivity contribution < 1.29 is 0 Å². The van der Waals surface area contributed by atoms with Gasteiger partial charge in [0.25, 0.3) is 0 Å². The molecular formula is C19H21N5S. The van der Waals surface area contributed by atoms with Crippen molar-refractivity contribution in [3.63, 3.8) is 0 Å². The average molecular weight is 351 g/mol.